The molecule has 0 saturated carbocycles. The lowest BCUT2D eigenvalue weighted by atomic mass is 10.2. The minimum absolute atomic E-state index is 0.0668. The number of unbranched alkanes of at least 4 members (excludes halogenated alkanes) is 2. The van der Waals surface area contributed by atoms with Gasteiger partial charge in [0.05, 0.1) is 0 Å². The van der Waals surface area contributed by atoms with E-state index in [9.17, 15) is 18.0 Å². The van der Waals surface area contributed by atoms with Gasteiger partial charge in [0.2, 0.25) is 10.1 Å². The third-order valence-corrected chi connectivity index (χ3v) is 3.46. The van der Waals surface area contributed by atoms with Crippen LogP contribution in [0.25, 0.3) is 4.96 Å². The molecule has 0 radical (unpaired) electrons. The van der Waals surface area contributed by atoms with Crippen molar-refractivity contribution in [1.82, 2.24) is 14.6 Å². The highest BCUT2D eigenvalue weighted by molar-refractivity contribution is 7.20. The second kappa shape index (κ2) is 5.78. The molecule has 9 heteroatoms. The van der Waals surface area contributed by atoms with E-state index in [1.165, 1.54) is 0 Å². The van der Waals surface area contributed by atoms with Crippen molar-refractivity contribution in [2.75, 3.05) is 11.9 Å². The number of nitrogens with one attached hydrogen (secondary N) is 1. The van der Waals surface area contributed by atoms with Gasteiger partial charge in [0.15, 0.2) is 5.69 Å². The zero-order valence-corrected chi connectivity index (χ0v) is 11.5. The molecule has 0 atom stereocenters. The molecule has 0 fully saturated rings. The molecule has 5 nitrogen and oxygen atoms in total. The van der Waals surface area contributed by atoms with Crippen molar-refractivity contribution in [2.45, 2.75) is 32.4 Å². The van der Waals surface area contributed by atoms with Crippen LogP contribution in [0.15, 0.2) is 10.9 Å². The van der Waals surface area contributed by atoms with Gasteiger partial charge in [0.1, 0.15) is 0 Å². The number of anilines is 1. The maximum Gasteiger partial charge on any atom is 0.433 e. The Hall–Kier alpha value is -1.64. The Bertz CT molecular complexity index is 649. The molecule has 0 aromatic carbocycles. The van der Waals surface area contributed by atoms with Crippen LogP contribution in [0.2, 0.25) is 0 Å². The number of rotatable bonds is 5. The summed E-state index contributed by atoms with van der Waals surface area (Å²) in [4.78, 5) is 14.9. The van der Waals surface area contributed by atoms with Gasteiger partial charge in [-0.2, -0.15) is 17.7 Å². The fourth-order valence-electron chi connectivity index (χ4n) is 1.60. The minimum Gasteiger partial charge on any atom is -0.360 e. The lowest BCUT2D eigenvalue weighted by Crippen LogP contribution is -2.19. The van der Waals surface area contributed by atoms with Gasteiger partial charge >= 0.3 is 6.18 Å². The van der Waals surface area contributed by atoms with Gasteiger partial charge in [-0.3, -0.25) is 4.79 Å². The van der Waals surface area contributed by atoms with Crippen LogP contribution in [0.3, 0.4) is 0 Å². The summed E-state index contributed by atoms with van der Waals surface area (Å²) in [6, 6.07) is 0.452. The molecule has 0 unspecified atom stereocenters. The van der Waals surface area contributed by atoms with Crippen LogP contribution in [-0.2, 0) is 6.18 Å². The highest BCUT2D eigenvalue weighted by Crippen LogP contribution is 2.28. The largest absolute Gasteiger partial charge is 0.433 e. The van der Waals surface area contributed by atoms with Crippen LogP contribution in [0, 0.1) is 0 Å². The van der Waals surface area contributed by atoms with E-state index in [1.807, 2.05) is 0 Å². The maximum absolute atomic E-state index is 12.5. The predicted octanol–water partition coefficient (Wildman–Crippen LogP) is 2.77. The van der Waals surface area contributed by atoms with Crippen molar-refractivity contribution in [3.8, 4) is 0 Å². The van der Waals surface area contributed by atoms with Crippen LogP contribution >= 0.6 is 11.3 Å². The summed E-state index contributed by atoms with van der Waals surface area (Å²) in [6.07, 6.45) is -1.58. The third kappa shape index (κ3) is 3.27. The maximum atomic E-state index is 12.5. The van der Waals surface area contributed by atoms with Crippen molar-refractivity contribution in [1.29, 1.82) is 0 Å². The van der Waals surface area contributed by atoms with E-state index >= 15 is 0 Å². The SMILES string of the molecule is CCCCCNc1nn2c(=O)cc(C(F)(F)F)nc2s1. The molecule has 0 aliphatic carbocycles. The molecular formula is C11H13F3N4OS. The van der Waals surface area contributed by atoms with Gasteiger partial charge in [-0.25, -0.2) is 4.98 Å². The van der Waals surface area contributed by atoms with Crippen molar-refractivity contribution in [2.24, 2.45) is 0 Å². The van der Waals surface area contributed by atoms with Crippen molar-refractivity contribution in [3.63, 3.8) is 0 Å². The Morgan fingerprint density at radius 3 is 2.80 bits per heavy atom. The quantitative estimate of drug-likeness (QED) is 0.863. The van der Waals surface area contributed by atoms with Gasteiger partial charge in [0.25, 0.3) is 5.56 Å². The number of hydrogen-bond donors (Lipinski definition) is 1. The molecule has 0 spiro atoms. The van der Waals surface area contributed by atoms with Crippen molar-refractivity contribution < 1.29 is 13.2 Å². The van der Waals surface area contributed by atoms with E-state index in [2.05, 4.69) is 22.3 Å². The summed E-state index contributed by atoms with van der Waals surface area (Å²) >= 11 is 0.929. The van der Waals surface area contributed by atoms with E-state index in [0.717, 1.165) is 35.1 Å². The zero-order chi connectivity index (χ0) is 14.8. The summed E-state index contributed by atoms with van der Waals surface area (Å²) in [5.74, 6) is 0. The first kappa shape index (κ1) is 14.8. The van der Waals surface area contributed by atoms with Crippen LogP contribution in [0.5, 0.6) is 0 Å². The number of hydrogen-bond acceptors (Lipinski definition) is 5. The summed E-state index contributed by atoms with van der Waals surface area (Å²) < 4.78 is 38.5. The van der Waals surface area contributed by atoms with Crippen LogP contribution in [0.1, 0.15) is 31.9 Å². The summed E-state index contributed by atoms with van der Waals surface area (Å²) in [7, 11) is 0. The molecule has 1 N–H and O–H groups in total. The Balaban J connectivity index is 2.25. The Morgan fingerprint density at radius 2 is 2.15 bits per heavy atom. The Kier molecular flexibility index (Phi) is 4.26. The number of alkyl halides is 3. The number of fused-ring (bicyclic) bond motifs is 1. The molecule has 2 aromatic rings. The molecule has 2 rings (SSSR count). The minimum atomic E-state index is -4.63. The highest BCUT2D eigenvalue weighted by atomic mass is 32.1. The molecule has 2 heterocycles. The van der Waals surface area contributed by atoms with Gasteiger partial charge in [-0.1, -0.05) is 31.1 Å². The topological polar surface area (TPSA) is 59.3 Å². The van der Waals surface area contributed by atoms with Crippen molar-refractivity contribution >= 4 is 21.4 Å². The molecule has 110 valence electrons. The third-order valence-electron chi connectivity index (χ3n) is 2.59. The van der Waals surface area contributed by atoms with Crippen molar-refractivity contribution in [3.05, 3.63) is 22.1 Å². The molecular weight excluding hydrogens is 293 g/mol. The van der Waals surface area contributed by atoms with Gasteiger partial charge in [0, 0.05) is 12.6 Å². The molecule has 0 aliphatic heterocycles. The molecule has 0 amide bonds. The predicted molar refractivity (Wildman–Crippen MR) is 70.2 cm³/mol. The molecule has 0 aliphatic rings. The summed E-state index contributed by atoms with van der Waals surface area (Å²) in [5.41, 5.74) is -2.02. The Labute approximate surface area is 116 Å². The summed E-state index contributed by atoms with van der Waals surface area (Å²) in [5, 5.41) is 7.29. The van der Waals surface area contributed by atoms with E-state index in [0.29, 0.717) is 17.7 Å². The highest BCUT2D eigenvalue weighted by Gasteiger charge is 2.33. The van der Waals surface area contributed by atoms with E-state index in [1.54, 1.807) is 0 Å². The smallest absolute Gasteiger partial charge is 0.360 e. The van der Waals surface area contributed by atoms with E-state index in [-0.39, 0.29) is 4.96 Å². The van der Waals surface area contributed by atoms with E-state index < -0.39 is 17.4 Å². The average molecular weight is 306 g/mol. The van der Waals surface area contributed by atoms with Crippen LogP contribution in [-0.4, -0.2) is 21.1 Å². The fourth-order valence-corrected chi connectivity index (χ4v) is 2.43. The Morgan fingerprint density at radius 1 is 1.40 bits per heavy atom. The first-order valence-corrected chi connectivity index (χ1v) is 6.95. The second-order valence-electron chi connectivity index (χ2n) is 4.21. The monoisotopic (exact) mass is 306 g/mol. The average Bonchev–Trinajstić information content (AvgIpc) is 2.77. The standard InChI is InChI=1S/C11H13F3N4OS/c1-2-3-4-5-15-9-17-18-8(19)6-7(11(12,13)14)16-10(18)20-9/h6H,2-5H2,1H3,(H,15,17). The van der Waals surface area contributed by atoms with Gasteiger partial charge < -0.3 is 5.32 Å². The normalized spacial score (nSPS) is 12.0. The lowest BCUT2D eigenvalue weighted by molar-refractivity contribution is -0.141. The number of nitrogens with zero attached hydrogens (tertiary/aromatic N) is 3. The summed E-state index contributed by atoms with van der Waals surface area (Å²) in [6.45, 7) is 2.73. The van der Waals surface area contributed by atoms with E-state index in [4.69, 9.17) is 0 Å². The second-order valence-corrected chi connectivity index (χ2v) is 5.17. The molecule has 2 aromatic heterocycles. The van der Waals surface area contributed by atoms with Crippen LogP contribution in [0.4, 0.5) is 18.3 Å². The number of aromatic nitrogens is 3. The zero-order valence-electron chi connectivity index (χ0n) is 10.7. The van der Waals surface area contributed by atoms with Gasteiger partial charge in [-0.05, 0) is 6.42 Å². The fraction of sp³-hybridized carbons (Fsp3) is 0.545. The van der Waals surface area contributed by atoms with Gasteiger partial charge in [-0.15, -0.1) is 5.10 Å². The first-order chi connectivity index (χ1) is 9.41. The molecule has 0 saturated heterocycles. The molecule has 20 heavy (non-hydrogen) atoms. The molecule has 0 bridgehead atoms. The first-order valence-electron chi connectivity index (χ1n) is 6.14. The number of halogens is 3. The lowest BCUT2D eigenvalue weighted by Gasteiger charge is -2.03. The van der Waals surface area contributed by atoms with Crippen LogP contribution < -0.4 is 10.9 Å².